The lowest BCUT2D eigenvalue weighted by molar-refractivity contribution is 0.254. The fourth-order valence-electron chi connectivity index (χ4n) is 2.65. The molecule has 126 valence electrons. The van der Waals surface area contributed by atoms with E-state index in [1.807, 2.05) is 0 Å². The lowest BCUT2D eigenvalue weighted by atomic mass is 10.0. The molecule has 1 heterocycles. The number of aliphatic imine (C=N–C) groups is 1. The SMILES string of the molecule is CCNC(=NCCN(C)C(C)CC)N1CCCC(C)C1.I. The number of nitrogens with zero attached hydrogens (tertiary/aromatic N) is 3. The summed E-state index contributed by atoms with van der Waals surface area (Å²) in [6.07, 6.45) is 3.84. The lowest BCUT2D eigenvalue weighted by Crippen LogP contribution is -2.46. The highest BCUT2D eigenvalue weighted by Gasteiger charge is 2.19. The maximum absolute atomic E-state index is 4.82. The van der Waals surface area contributed by atoms with Crippen molar-refractivity contribution in [3.8, 4) is 0 Å². The zero-order chi connectivity index (χ0) is 15.0. The number of likely N-dealkylation sites (tertiary alicyclic amines) is 1. The summed E-state index contributed by atoms with van der Waals surface area (Å²) in [4.78, 5) is 9.64. The fourth-order valence-corrected chi connectivity index (χ4v) is 2.65. The van der Waals surface area contributed by atoms with E-state index in [-0.39, 0.29) is 24.0 Å². The predicted octanol–water partition coefficient (Wildman–Crippen LogP) is 3.03. The highest BCUT2D eigenvalue weighted by Crippen LogP contribution is 2.15. The van der Waals surface area contributed by atoms with Crippen molar-refractivity contribution >= 4 is 29.9 Å². The van der Waals surface area contributed by atoms with Crippen molar-refractivity contribution in [1.29, 1.82) is 0 Å². The van der Waals surface area contributed by atoms with Gasteiger partial charge < -0.3 is 15.1 Å². The minimum Gasteiger partial charge on any atom is -0.357 e. The van der Waals surface area contributed by atoms with Crippen LogP contribution in [0.4, 0.5) is 0 Å². The summed E-state index contributed by atoms with van der Waals surface area (Å²) in [6, 6.07) is 0.641. The highest BCUT2D eigenvalue weighted by atomic mass is 127. The van der Waals surface area contributed by atoms with Crippen molar-refractivity contribution in [2.75, 3.05) is 39.8 Å². The van der Waals surface area contributed by atoms with Gasteiger partial charge in [-0.05, 0) is 46.1 Å². The number of nitrogens with one attached hydrogen (secondary N) is 1. The normalized spacial score (nSPS) is 21.1. The first-order chi connectivity index (χ1) is 9.58. The first-order valence-electron chi connectivity index (χ1n) is 8.31. The Kier molecular flexibility index (Phi) is 11.5. The Bertz CT molecular complexity index is 296. The molecule has 0 spiro atoms. The first-order valence-corrected chi connectivity index (χ1v) is 8.31. The summed E-state index contributed by atoms with van der Waals surface area (Å²) in [5.41, 5.74) is 0. The van der Waals surface area contributed by atoms with E-state index in [4.69, 9.17) is 4.99 Å². The van der Waals surface area contributed by atoms with E-state index in [0.29, 0.717) is 6.04 Å². The van der Waals surface area contributed by atoms with Crippen LogP contribution in [0.3, 0.4) is 0 Å². The predicted molar refractivity (Wildman–Crippen MR) is 104 cm³/mol. The van der Waals surface area contributed by atoms with Crippen molar-refractivity contribution in [3.05, 3.63) is 0 Å². The van der Waals surface area contributed by atoms with Crippen LogP contribution >= 0.6 is 24.0 Å². The van der Waals surface area contributed by atoms with Crippen molar-refractivity contribution in [1.82, 2.24) is 15.1 Å². The standard InChI is InChI=1S/C16H34N4.HI/c1-6-15(4)19(5)12-10-18-16(17-7-2)20-11-8-9-14(3)13-20;/h14-15H,6-13H2,1-5H3,(H,17,18);1H. The number of rotatable bonds is 6. The highest BCUT2D eigenvalue weighted by molar-refractivity contribution is 14.0. The van der Waals surface area contributed by atoms with Gasteiger partial charge in [0.25, 0.3) is 0 Å². The summed E-state index contributed by atoms with van der Waals surface area (Å²) in [6.45, 7) is 14.2. The monoisotopic (exact) mass is 410 g/mol. The van der Waals surface area contributed by atoms with Gasteiger partial charge in [-0.25, -0.2) is 0 Å². The molecule has 1 aliphatic rings. The van der Waals surface area contributed by atoms with Gasteiger partial charge in [0.05, 0.1) is 6.54 Å². The second kappa shape index (κ2) is 11.5. The van der Waals surface area contributed by atoms with Gasteiger partial charge in [0, 0.05) is 32.2 Å². The summed E-state index contributed by atoms with van der Waals surface area (Å²) >= 11 is 0. The van der Waals surface area contributed by atoms with Gasteiger partial charge in [0.2, 0.25) is 0 Å². The van der Waals surface area contributed by atoms with Crippen LogP contribution in [0.25, 0.3) is 0 Å². The number of piperidine rings is 1. The number of guanidine groups is 1. The Labute approximate surface area is 148 Å². The molecule has 5 heteroatoms. The van der Waals surface area contributed by atoms with E-state index in [2.05, 4.69) is 49.9 Å². The van der Waals surface area contributed by atoms with Gasteiger partial charge in [-0.2, -0.15) is 0 Å². The molecule has 0 radical (unpaired) electrons. The molecular weight excluding hydrogens is 375 g/mol. The van der Waals surface area contributed by atoms with Crippen LogP contribution in [0.5, 0.6) is 0 Å². The Balaban J connectivity index is 0.00000400. The Hall–Kier alpha value is -0.0400. The quantitative estimate of drug-likeness (QED) is 0.415. The van der Waals surface area contributed by atoms with Crippen LogP contribution in [-0.4, -0.2) is 61.6 Å². The number of hydrogen-bond acceptors (Lipinski definition) is 2. The number of likely N-dealkylation sites (N-methyl/N-ethyl adjacent to an activating group) is 1. The zero-order valence-electron chi connectivity index (χ0n) is 14.6. The van der Waals surface area contributed by atoms with Crippen LogP contribution in [0.1, 0.15) is 47.0 Å². The Morgan fingerprint density at radius 3 is 2.71 bits per heavy atom. The van der Waals surface area contributed by atoms with Crippen LogP contribution in [0.2, 0.25) is 0 Å². The topological polar surface area (TPSA) is 30.9 Å². The molecule has 1 saturated heterocycles. The molecule has 1 N–H and O–H groups in total. The van der Waals surface area contributed by atoms with Gasteiger partial charge in [-0.1, -0.05) is 13.8 Å². The van der Waals surface area contributed by atoms with Gasteiger partial charge in [-0.3, -0.25) is 4.99 Å². The number of hydrogen-bond donors (Lipinski definition) is 1. The summed E-state index contributed by atoms with van der Waals surface area (Å²) in [7, 11) is 2.19. The van der Waals surface area contributed by atoms with E-state index < -0.39 is 0 Å². The van der Waals surface area contributed by atoms with Gasteiger partial charge in [0.15, 0.2) is 5.96 Å². The molecule has 0 amide bonds. The van der Waals surface area contributed by atoms with Crippen LogP contribution < -0.4 is 5.32 Å². The molecule has 0 aromatic rings. The molecule has 1 rings (SSSR count). The van der Waals surface area contributed by atoms with Gasteiger partial charge >= 0.3 is 0 Å². The molecule has 0 aliphatic carbocycles. The largest absolute Gasteiger partial charge is 0.357 e. The molecule has 4 nitrogen and oxygen atoms in total. The molecule has 21 heavy (non-hydrogen) atoms. The van der Waals surface area contributed by atoms with Gasteiger partial charge in [-0.15, -0.1) is 24.0 Å². The Morgan fingerprint density at radius 1 is 1.43 bits per heavy atom. The molecule has 0 bridgehead atoms. The van der Waals surface area contributed by atoms with Crippen molar-refractivity contribution < 1.29 is 0 Å². The minimum absolute atomic E-state index is 0. The average Bonchev–Trinajstić information content (AvgIpc) is 2.45. The molecule has 1 aliphatic heterocycles. The van der Waals surface area contributed by atoms with E-state index in [1.165, 1.54) is 19.3 Å². The number of halogens is 1. The zero-order valence-corrected chi connectivity index (χ0v) is 16.9. The second-order valence-corrected chi connectivity index (χ2v) is 6.17. The lowest BCUT2D eigenvalue weighted by Gasteiger charge is -2.33. The summed E-state index contributed by atoms with van der Waals surface area (Å²) in [5.74, 6) is 1.90. The van der Waals surface area contributed by atoms with Crippen LogP contribution in [0.15, 0.2) is 4.99 Å². The molecular formula is C16H35IN4. The fraction of sp³-hybridized carbons (Fsp3) is 0.938. The molecule has 2 atom stereocenters. The third kappa shape index (κ3) is 7.68. The molecule has 0 aromatic heterocycles. The second-order valence-electron chi connectivity index (χ2n) is 6.17. The van der Waals surface area contributed by atoms with Crippen molar-refractivity contribution in [3.63, 3.8) is 0 Å². The first kappa shape index (κ1) is 21.0. The molecule has 1 fully saturated rings. The van der Waals surface area contributed by atoms with Gasteiger partial charge in [0.1, 0.15) is 0 Å². The third-order valence-electron chi connectivity index (χ3n) is 4.35. The van der Waals surface area contributed by atoms with E-state index >= 15 is 0 Å². The smallest absolute Gasteiger partial charge is 0.193 e. The summed E-state index contributed by atoms with van der Waals surface area (Å²) in [5, 5.41) is 3.45. The average molecular weight is 410 g/mol. The van der Waals surface area contributed by atoms with E-state index in [9.17, 15) is 0 Å². The minimum atomic E-state index is 0. The Morgan fingerprint density at radius 2 is 2.14 bits per heavy atom. The van der Waals surface area contributed by atoms with E-state index in [1.54, 1.807) is 0 Å². The molecule has 0 saturated carbocycles. The maximum atomic E-state index is 4.82. The molecule has 0 aromatic carbocycles. The molecule has 2 unspecified atom stereocenters. The van der Waals surface area contributed by atoms with Crippen molar-refractivity contribution in [2.45, 2.75) is 53.0 Å². The van der Waals surface area contributed by atoms with E-state index in [0.717, 1.165) is 44.6 Å². The maximum Gasteiger partial charge on any atom is 0.193 e. The van der Waals surface area contributed by atoms with Crippen LogP contribution in [-0.2, 0) is 0 Å². The third-order valence-corrected chi connectivity index (χ3v) is 4.35. The van der Waals surface area contributed by atoms with Crippen LogP contribution in [0, 0.1) is 5.92 Å². The van der Waals surface area contributed by atoms with Crippen molar-refractivity contribution in [2.24, 2.45) is 10.9 Å². The summed E-state index contributed by atoms with van der Waals surface area (Å²) < 4.78 is 0.